The zero-order valence-electron chi connectivity index (χ0n) is 21.3. The minimum absolute atomic E-state index is 0.443. The average Bonchev–Trinajstić information content (AvgIpc) is 3.51. The van der Waals surface area contributed by atoms with E-state index < -0.39 is 0 Å². The third-order valence-corrected chi connectivity index (χ3v) is 7.11. The molecule has 0 fully saturated rings. The fraction of sp³-hybridized carbons (Fsp3) is 0.138. The van der Waals surface area contributed by atoms with Crippen molar-refractivity contribution in [2.75, 3.05) is 19.8 Å². The molecule has 0 bridgehead atoms. The van der Waals surface area contributed by atoms with Crippen molar-refractivity contribution in [1.82, 2.24) is 33.4 Å². The van der Waals surface area contributed by atoms with Crippen LogP contribution in [-0.4, -0.2) is 42.8 Å². The van der Waals surface area contributed by atoms with Crippen molar-refractivity contribution in [2.45, 2.75) is 13.1 Å². The highest BCUT2D eigenvalue weighted by molar-refractivity contribution is 7.73. The zero-order chi connectivity index (χ0) is 26.1. The molecule has 9 heteroatoms. The number of nitrogen functional groups attached to an aromatic ring is 1. The molecular formula is C29H29N8S+. The van der Waals surface area contributed by atoms with Crippen molar-refractivity contribution in [3.63, 3.8) is 0 Å². The topological polar surface area (TPSA) is 89.3 Å². The summed E-state index contributed by atoms with van der Waals surface area (Å²) >= 11 is 1.07. The Morgan fingerprint density at radius 3 is 2.61 bits per heavy atom. The Bertz CT molecular complexity index is 1720. The van der Waals surface area contributed by atoms with Crippen molar-refractivity contribution in [2.24, 2.45) is 0 Å². The number of nitrogens with two attached hydrogens (primary N) is 1. The molecule has 6 rings (SSSR count). The first-order valence-electron chi connectivity index (χ1n) is 12.4. The van der Waals surface area contributed by atoms with E-state index in [0.717, 1.165) is 64.0 Å². The van der Waals surface area contributed by atoms with Crippen LogP contribution in [-0.2, 0) is 25.2 Å². The number of anilines is 1. The Labute approximate surface area is 225 Å². The highest BCUT2D eigenvalue weighted by Gasteiger charge is 2.17. The van der Waals surface area contributed by atoms with Crippen LogP contribution in [0.5, 0.6) is 0 Å². The number of aromatic nitrogens is 5. The Balaban J connectivity index is 1.39. The van der Waals surface area contributed by atoms with Gasteiger partial charge in [0.05, 0.1) is 24.3 Å². The number of hydrogen-bond acceptors (Lipinski definition) is 6. The maximum atomic E-state index is 6.41. The Hall–Kier alpha value is -4.18. The van der Waals surface area contributed by atoms with Crippen LogP contribution >= 0.6 is 0 Å². The van der Waals surface area contributed by atoms with Crippen molar-refractivity contribution >= 4 is 34.4 Å². The first-order valence-corrected chi connectivity index (χ1v) is 13.2. The predicted octanol–water partition coefficient (Wildman–Crippen LogP) is 4.34. The summed E-state index contributed by atoms with van der Waals surface area (Å²) in [6.45, 7) is 1.49. The van der Waals surface area contributed by atoms with Gasteiger partial charge in [-0.3, -0.25) is 4.68 Å². The molecule has 0 aliphatic rings. The molecule has 0 saturated heterocycles. The quantitative estimate of drug-likeness (QED) is 0.229. The number of thiol groups is 1. The molecule has 0 amide bonds. The summed E-state index contributed by atoms with van der Waals surface area (Å²) in [6.07, 6.45) is 3.59. The van der Waals surface area contributed by atoms with Crippen LogP contribution in [0.15, 0.2) is 91.4 Å². The molecule has 3 aromatic heterocycles. The second kappa shape index (κ2) is 10.3. The predicted molar refractivity (Wildman–Crippen MR) is 156 cm³/mol. The number of nitrogens with zero attached hydrogens (tertiary/aromatic N) is 6. The largest absolute Gasteiger partial charge is 0.382 e. The Morgan fingerprint density at radius 1 is 0.921 bits per heavy atom. The van der Waals surface area contributed by atoms with Crippen LogP contribution < -0.4 is 10.5 Å². The van der Waals surface area contributed by atoms with E-state index in [1.807, 2.05) is 29.4 Å². The molecule has 0 aliphatic heterocycles. The Morgan fingerprint density at radius 2 is 1.76 bits per heavy atom. The van der Waals surface area contributed by atoms with Crippen molar-refractivity contribution < 1.29 is 0 Å². The van der Waals surface area contributed by atoms with Crippen LogP contribution in [0.4, 0.5) is 5.82 Å². The lowest BCUT2D eigenvalue weighted by molar-refractivity contribution is 0.686. The third kappa shape index (κ3) is 4.87. The molecule has 3 N–H and O–H groups in total. The summed E-state index contributed by atoms with van der Waals surface area (Å²) in [4.78, 5) is 4.30. The summed E-state index contributed by atoms with van der Waals surface area (Å²) in [7, 11) is 4.07. The van der Waals surface area contributed by atoms with Gasteiger partial charge < -0.3 is 5.73 Å². The van der Waals surface area contributed by atoms with Gasteiger partial charge in [-0.15, -0.1) is 9.03 Å². The van der Waals surface area contributed by atoms with E-state index in [1.165, 1.54) is 17.5 Å². The normalized spacial score (nSPS) is 11.7. The van der Waals surface area contributed by atoms with E-state index in [1.54, 1.807) is 0 Å². The van der Waals surface area contributed by atoms with Gasteiger partial charge in [0, 0.05) is 36.8 Å². The van der Waals surface area contributed by atoms with Gasteiger partial charge in [-0.1, -0.05) is 60.7 Å². The first-order chi connectivity index (χ1) is 18.5. The van der Waals surface area contributed by atoms with Crippen molar-refractivity contribution in [3.05, 3.63) is 103 Å². The number of fused-ring (bicyclic) bond motifs is 2. The molecule has 0 aliphatic carbocycles. The van der Waals surface area contributed by atoms with Crippen LogP contribution in [0.25, 0.3) is 38.8 Å². The second-order valence-electron chi connectivity index (χ2n) is 9.42. The van der Waals surface area contributed by atoms with Crippen LogP contribution in [0, 0.1) is 0 Å². The molecule has 190 valence electrons. The summed E-state index contributed by atoms with van der Waals surface area (Å²) in [6, 6.07) is 27.3. The minimum Gasteiger partial charge on any atom is -0.382 e. The van der Waals surface area contributed by atoms with Gasteiger partial charge in [0.1, 0.15) is 11.8 Å². The Kier molecular flexibility index (Phi) is 6.55. The summed E-state index contributed by atoms with van der Waals surface area (Å²) in [5.41, 5.74) is 14.6. The lowest BCUT2D eigenvalue weighted by atomic mass is 10.0. The molecule has 0 spiro atoms. The van der Waals surface area contributed by atoms with E-state index in [0.29, 0.717) is 5.82 Å². The number of nitrogens with one attached hydrogen (secondary N) is 1. The van der Waals surface area contributed by atoms with Crippen LogP contribution in [0.1, 0.15) is 11.1 Å². The molecule has 3 heterocycles. The SMILES string of the molecule is CN(C)[SH+]NCc1cccc(-c2cc(-c3ccc4cn(Cc5ccccc5)nc4c3)c3c(N)ncnn23)c1. The van der Waals surface area contributed by atoms with Gasteiger partial charge in [-0.05, 0) is 34.9 Å². The summed E-state index contributed by atoms with van der Waals surface area (Å²) < 4.78 is 9.38. The van der Waals surface area contributed by atoms with E-state index in [-0.39, 0.29) is 0 Å². The van der Waals surface area contributed by atoms with Crippen LogP contribution in [0.3, 0.4) is 0 Å². The van der Waals surface area contributed by atoms with E-state index in [4.69, 9.17) is 10.8 Å². The molecule has 0 atom stereocenters. The molecule has 38 heavy (non-hydrogen) atoms. The van der Waals surface area contributed by atoms with Gasteiger partial charge in [0.25, 0.3) is 0 Å². The zero-order valence-corrected chi connectivity index (χ0v) is 22.2. The minimum atomic E-state index is 0.443. The average molecular weight is 522 g/mol. The molecule has 0 radical (unpaired) electrons. The first kappa shape index (κ1) is 24.2. The van der Waals surface area contributed by atoms with Crippen molar-refractivity contribution in [3.8, 4) is 22.4 Å². The molecule has 0 saturated carbocycles. The molecule has 6 aromatic rings. The molecular weight excluding hydrogens is 492 g/mol. The molecule has 0 unspecified atom stereocenters. The second-order valence-corrected chi connectivity index (χ2v) is 10.7. The van der Waals surface area contributed by atoms with Gasteiger partial charge in [0.15, 0.2) is 18.0 Å². The number of benzene rings is 3. The third-order valence-electron chi connectivity index (χ3n) is 6.41. The fourth-order valence-electron chi connectivity index (χ4n) is 4.69. The molecule has 8 nitrogen and oxygen atoms in total. The maximum absolute atomic E-state index is 6.41. The smallest absolute Gasteiger partial charge is 0.152 e. The maximum Gasteiger partial charge on any atom is 0.152 e. The van der Waals surface area contributed by atoms with Gasteiger partial charge in [-0.2, -0.15) is 10.2 Å². The van der Waals surface area contributed by atoms with Gasteiger partial charge >= 0.3 is 0 Å². The van der Waals surface area contributed by atoms with E-state index in [9.17, 15) is 0 Å². The lowest BCUT2D eigenvalue weighted by Gasteiger charge is -2.06. The standard InChI is InChI=1S/C29H28N8S/c1-35(2)38-33-16-21-9-6-10-23(13-21)27-15-25(28-29(30)31-19-32-37(27)28)22-11-12-24-18-36(34-26(24)14-22)17-20-7-4-3-5-8-20/h3-15,18-19,33H,16-17H2,1-2H3,(H2,30,31,32)/p+1. The molecule has 3 aromatic carbocycles. The number of rotatable bonds is 8. The van der Waals surface area contributed by atoms with Gasteiger partial charge in [-0.25, -0.2) is 9.50 Å². The highest BCUT2D eigenvalue weighted by atomic mass is 32.2. The summed E-state index contributed by atoms with van der Waals surface area (Å²) in [5.74, 6) is 0.443. The fourth-order valence-corrected chi connectivity index (χ4v) is 5.22. The van der Waals surface area contributed by atoms with E-state index in [2.05, 4.69) is 98.1 Å². The van der Waals surface area contributed by atoms with Gasteiger partial charge in [0.2, 0.25) is 0 Å². The van der Waals surface area contributed by atoms with Crippen molar-refractivity contribution in [1.29, 1.82) is 0 Å². The lowest BCUT2D eigenvalue weighted by Crippen LogP contribution is -2.22. The monoisotopic (exact) mass is 521 g/mol. The van der Waals surface area contributed by atoms with E-state index >= 15 is 0 Å². The summed E-state index contributed by atoms with van der Waals surface area (Å²) in [5, 5.41) is 10.5. The van der Waals surface area contributed by atoms with Crippen LogP contribution in [0.2, 0.25) is 0 Å². The number of hydrogen-bond donors (Lipinski definition) is 2. The highest BCUT2D eigenvalue weighted by Crippen LogP contribution is 2.36.